The topological polar surface area (TPSA) is 73.5 Å². The first-order chi connectivity index (χ1) is 15.7. The summed E-state index contributed by atoms with van der Waals surface area (Å²) in [6, 6.07) is 14.5. The van der Waals surface area contributed by atoms with E-state index in [0.717, 1.165) is 66.4 Å². The summed E-state index contributed by atoms with van der Waals surface area (Å²) in [4.78, 5) is 29.1. The molecule has 3 N–H and O–H groups in total. The highest BCUT2D eigenvalue weighted by Gasteiger charge is 2.50. The molecule has 4 aliphatic rings. The van der Waals surface area contributed by atoms with Gasteiger partial charge in [0, 0.05) is 36.7 Å². The summed E-state index contributed by atoms with van der Waals surface area (Å²) >= 11 is 0. The van der Waals surface area contributed by atoms with E-state index >= 15 is 0 Å². The SMILES string of the molecule is O=C1CCCC2=C1C(c1cccc3ccccc13)C1C(=O)NC(N3CCCCC3)NC1N2. The van der Waals surface area contributed by atoms with E-state index in [1.54, 1.807) is 0 Å². The van der Waals surface area contributed by atoms with E-state index in [0.29, 0.717) is 6.42 Å². The van der Waals surface area contributed by atoms with Crippen molar-refractivity contribution in [2.75, 3.05) is 13.1 Å². The lowest BCUT2D eigenvalue weighted by molar-refractivity contribution is -0.134. The average molecular weight is 431 g/mol. The summed E-state index contributed by atoms with van der Waals surface area (Å²) < 4.78 is 0. The molecular weight excluding hydrogens is 400 g/mol. The summed E-state index contributed by atoms with van der Waals surface area (Å²) in [5.74, 6) is -0.409. The Hall–Kier alpha value is -2.70. The van der Waals surface area contributed by atoms with Gasteiger partial charge in [0.1, 0.15) is 6.29 Å². The van der Waals surface area contributed by atoms with Crippen molar-refractivity contribution >= 4 is 22.5 Å². The van der Waals surface area contributed by atoms with Crippen LogP contribution in [0.3, 0.4) is 0 Å². The maximum absolute atomic E-state index is 13.6. The molecule has 2 aromatic carbocycles. The number of allylic oxidation sites excluding steroid dienone is 2. The number of fused-ring (bicyclic) bond motifs is 2. The zero-order chi connectivity index (χ0) is 21.7. The molecule has 2 saturated heterocycles. The van der Waals surface area contributed by atoms with Crippen molar-refractivity contribution < 1.29 is 9.59 Å². The zero-order valence-electron chi connectivity index (χ0n) is 18.3. The van der Waals surface area contributed by atoms with Gasteiger partial charge in [-0.1, -0.05) is 48.9 Å². The van der Waals surface area contributed by atoms with Crippen molar-refractivity contribution in [3.05, 3.63) is 59.3 Å². The van der Waals surface area contributed by atoms with Crippen LogP contribution in [0.4, 0.5) is 0 Å². The van der Waals surface area contributed by atoms with Gasteiger partial charge >= 0.3 is 0 Å². The van der Waals surface area contributed by atoms with Gasteiger partial charge in [-0.05, 0) is 42.0 Å². The molecule has 1 aliphatic carbocycles. The van der Waals surface area contributed by atoms with Gasteiger partial charge in [0.15, 0.2) is 5.78 Å². The van der Waals surface area contributed by atoms with Crippen LogP contribution in [0.2, 0.25) is 0 Å². The fraction of sp³-hybridized carbons (Fsp3) is 0.462. The fourth-order valence-electron chi connectivity index (χ4n) is 6.16. The Bertz CT molecular complexity index is 1100. The zero-order valence-corrected chi connectivity index (χ0v) is 18.3. The number of carbonyl (C=O) groups is 2. The van der Waals surface area contributed by atoms with Crippen LogP contribution in [-0.4, -0.2) is 42.1 Å². The standard InChI is InChI=1S/C26H30N4O2/c31-20-13-7-12-19-22(20)21(18-11-6-9-16-8-2-3-10-17(16)18)23-24(27-19)28-26(29-25(23)32)30-14-4-1-5-15-30/h2-3,6,8-11,21,23-24,26-28H,1,4-5,7,12-15H2,(H,29,32). The highest BCUT2D eigenvalue weighted by atomic mass is 16.2. The molecule has 3 aliphatic heterocycles. The Morgan fingerprint density at radius 1 is 0.844 bits per heavy atom. The number of Topliss-reactive ketones (excluding diaryl/α,β-unsaturated/α-hetero) is 1. The number of likely N-dealkylation sites (tertiary alicyclic amines) is 1. The van der Waals surface area contributed by atoms with Crippen molar-refractivity contribution in [1.82, 2.24) is 20.9 Å². The van der Waals surface area contributed by atoms with E-state index in [4.69, 9.17) is 0 Å². The molecule has 6 rings (SSSR count). The maximum atomic E-state index is 13.6. The normalized spacial score (nSPS) is 31.0. The van der Waals surface area contributed by atoms with Crippen molar-refractivity contribution in [3.8, 4) is 0 Å². The van der Waals surface area contributed by atoms with Crippen LogP contribution in [0.1, 0.15) is 50.0 Å². The van der Waals surface area contributed by atoms with E-state index < -0.39 is 0 Å². The van der Waals surface area contributed by atoms with Gasteiger partial charge in [-0.25, -0.2) is 0 Å². The van der Waals surface area contributed by atoms with Crippen molar-refractivity contribution in [3.63, 3.8) is 0 Å². The van der Waals surface area contributed by atoms with E-state index in [1.165, 1.54) is 6.42 Å². The lowest BCUT2D eigenvalue weighted by atomic mass is 9.69. The molecule has 2 aromatic rings. The first-order valence-electron chi connectivity index (χ1n) is 12.0. The van der Waals surface area contributed by atoms with Crippen LogP contribution in [-0.2, 0) is 9.59 Å². The molecule has 4 atom stereocenters. The van der Waals surface area contributed by atoms with Gasteiger partial charge in [0.05, 0.1) is 12.1 Å². The van der Waals surface area contributed by atoms with Crippen LogP contribution in [0.25, 0.3) is 10.8 Å². The Labute approximate surface area is 188 Å². The Balaban J connectivity index is 1.45. The first-order valence-corrected chi connectivity index (χ1v) is 12.0. The van der Waals surface area contributed by atoms with E-state index in [-0.39, 0.29) is 36.0 Å². The predicted molar refractivity (Wildman–Crippen MR) is 123 cm³/mol. The third kappa shape index (κ3) is 3.24. The predicted octanol–water partition coefficient (Wildman–Crippen LogP) is 2.96. The Morgan fingerprint density at radius 3 is 2.53 bits per heavy atom. The number of benzene rings is 2. The van der Waals surface area contributed by atoms with Crippen molar-refractivity contribution in [2.45, 2.75) is 56.9 Å². The highest BCUT2D eigenvalue weighted by molar-refractivity contribution is 6.01. The molecule has 6 heteroatoms. The third-order valence-corrected chi connectivity index (χ3v) is 7.65. The van der Waals surface area contributed by atoms with E-state index in [1.807, 2.05) is 18.2 Å². The molecule has 0 saturated carbocycles. The second-order valence-electron chi connectivity index (χ2n) is 9.54. The molecule has 0 aromatic heterocycles. The van der Waals surface area contributed by atoms with Crippen molar-refractivity contribution in [1.29, 1.82) is 0 Å². The number of rotatable bonds is 2. The minimum absolute atomic E-state index is 0.0275. The van der Waals surface area contributed by atoms with Crippen molar-refractivity contribution in [2.24, 2.45) is 5.92 Å². The largest absolute Gasteiger partial charge is 0.372 e. The Kier molecular flexibility index (Phi) is 5.00. The summed E-state index contributed by atoms with van der Waals surface area (Å²) in [6.45, 7) is 1.99. The number of piperidine rings is 1. The summed E-state index contributed by atoms with van der Waals surface area (Å²) in [6.07, 6.45) is 5.52. The van der Waals surface area contributed by atoms with Crippen LogP contribution in [0, 0.1) is 5.92 Å². The number of hydrogen-bond acceptors (Lipinski definition) is 5. The summed E-state index contributed by atoms with van der Waals surface area (Å²) in [5.41, 5.74) is 2.93. The molecule has 32 heavy (non-hydrogen) atoms. The van der Waals surface area contributed by atoms with Crippen LogP contribution in [0.5, 0.6) is 0 Å². The smallest absolute Gasteiger partial charge is 0.229 e. The van der Waals surface area contributed by atoms with Gasteiger partial charge in [-0.3, -0.25) is 19.8 Å². The van der Waals surface area contributed by atoms with Gasteiger partial charge < -0.3 is 10.6 Å². The number of nitrogens with one attached hydrogen (secondary N) is 3. The maximum Gasteiger partial charge on any atom is 0.229 e. The minimum atomic E-state index is -0.373. The van der Waals surface area contributed by atoms with Crippen LogP contribution in [0.15, 0.2) is 53.7 Å². The molecule has 166 valence electrons. The van der Waals surface area contributed by atoms with E-state index in [9.17, 15) is 9.59 Å². The lowest BCUT2D eigenvalue weighted by Crippen LogP contribution is -2.72. The number of ketones is 1. The molecule has 1 amide bonds. The Morgan fingerprint density at radius 2 is 1.66 bits per heavy atom. The molecule has 4 unspecified atom stereocenters. The monoisotopic (exact) mass is 430 g/mol. The average Bonchev–Trinajstić information content (AvgIpc) is 2.83. The molecule has 0 radical (unpaired) electrons. The van der Waals surface area contributed by atoms with Gasteiger partial charge in [0.25, 0.3) is 0 Å². The van der Waals surface area contributed by atoms with Crippen LogP contribution < -0.4 is 16.0 Å². The lowest BCUT2D eigenvalue weighted by Gasteiger charge is -2.49. The quantitative estimate of drug-likeness (QED) is 0.683. The number of nitrogens with zero attached hydrogens (tertiary/aromatic N) is 1. The summed E-state index contributed by atoms with van der Waals surface area (Å²) in [7, 11) is 0. The number of hydrogen-bond donors (Lipinski definition) is 3. The molecule has 2 fully saturated rings. The van der Waals surface area contributed by atoms with Gasteiger partial charge in [-0.2, -0.15) is 0 Å². The van der Waals surface area contributed by atoms with Crippen LogP contribution >= 0.6 is 0 Å². The second kappa shape index (κ2) is 8.01. The fourth-order valence-corrected chi connectivity index (χ4v) is 6.16. The van der Waals surface area contributed by atoms with Gasteiger partial charge in [0.2, 0.25) is 5.91 Å². The second-order valence-corrected chi connectivity index (χ2v) is 9.54. The number of carbonyl (C=O) groups excluding carboxylic acids is 2. The molecular formula is C26H30N4O2. The molecule has 6 nitrogen and oxygen atoms in total. The number of amides is 1. The molecule has 3 heterocycles. The van der Waals surface area contributed by atoms with E-state index in [2.05, 4.69) is 45.1 Å². The summed E-state index contributed by atoms with van der Waals surface area (Å²) in [5, 5.41) is 12.8. The highest BCUT2D eigenvalue weighted by Crippen LogP contribution is 2.45. The minimum Gasteiger partial charge on any atom is -0.372 e. The molecule has 0 spiro atoms. The molecule has 0 bridgehead atoms. The third-order valence-electron chi connectivity index (χ3n) is 7.65. The first kappa shape index (κ1) is 19.9. The van der Waals surface area contributed by atoms with Gasteiger partial charge in [-0.15, -0.1) is 0 Å².